The molecule has 1 aromatic carbocycles. The predicted octanol–water partition coefficient (Wildman–Crippen LogP) is 1.68. The van der Waals surface area contributed by atoms with Gasteiger partial charge in [0.05, 0.1) is 0 Å². The van der Waals surface area contributed by atoms with Crippen molar-refractivity contribution in [1.82, 2.24) is 5.32 Å². The summed E-state index contributed by atoms with van der Waals surface area (Å²) in [5.74, 6) is -2.23. The fourth-order valence-electron chi connectivity index (χ4n) is 1.19. The van der Waals surface area contributed by atoms with Crippen molar-refractivity contribution in [3.63, 3.8) is 0 Å². The van der Waals surface area contributed by atoms with E-state index < -0.39 is 17.5 Å². The first kappa shape index (κ1) is 13.6. The SMILES string of the molecule is CC(C)C(N)CNC(=O)c1ccc(F)c(F)c1. The lowest BCUT2D eigenvalue weighted by atomic mass is 10.1. The fraction of sp³-hybridized carbons (Fsp3) is 0.417. The molecule has 0 bridgehead atoms. The number of halogens is 2. The number of carbonyl (C=O) groups is 1. The van der Waals surface area contributed by atoms with Gasteiger partial charge in [0.15, 0.2) is 11.6 Å². The Morgan fingerprint density at radius 2 is 2.00 bits per heavy atom. The Bertz CT molecular complexity index is 407. The Balaban J connectivity index is 2.61. The van der Waals surface area contributed by atoms with E-state index in [1.807, 2.05) is 13.8 Å². The lowest BCUT2D eigenvalue weighted by Crippen LogP contribution is -2.40. The van der Waals surface area contributed by atoms with Gasteiger partial charge in [-0.15, -0.1) is 0 Å². The maximum atomic E-state index is 12.9. The van der Waals surface area contributed by atoms with E-state index >= 15 is 0 Å². The molecule has 0 fully saturated rings. The summed E-state index contributed by atoms with van der Waals surface area (Å²) in [6.07, 6.45) is 0. The van der Waals surface area contributed by atoms with Gasteiger partial charge in [-0.05, 0) is 24.1 Å². The van der Waals surface area contributed by atoms with Gasteiger partial charge >= 0.3 is 0 Å². The molecule has 1 unspecified atom stereocenters. The van der Waals surface area contributed by atoms with Crippen molar-refractivity contribution in [3.05, 3.63) is 35.4 Å². The molecule has 1 rings (SSSR count). The van der Waals surface area contributed by atoms with Gasteiger partial charge in [-0.1, -0.05) is 13.8 Å². The van der Waals surface area contributed by atoms with Crippen LogP contribution >= 0.6 is 0 Å². The van der Waals surface area contributed by atoms with Crippen LogP contribution in [0.4, 0.5) is 8.78 Å². The summed E-state index contributed by atoms with van der Waals surface area (Å²) in [5.41, 5.74) is 5.83. The highest BCUT2D eigenvalue weighted by Gasteiger charge is 2.12. The first-order valence-electron chi connectivity index (χ1n) is 5.40. The molecule has 1 atom stereocenters. The van der Waals surface area contributed by atoms with Crippen molar-refractivity contribution < 1.29 is 13.6 Å². The molecule has 0 saturated heterocycles. The number of rotatable bonds is 4. The van der Waals surface area contributed by atoms with Gasteiger partial charge in [0.1, 0.15) is 0 Å². The van der Waals surface area contributed by atoms with Gasteiger partial charge in [-0.3, -0.25) is 4.79 Å². The number of amides is 1. The molecule has 0 aliphatic heterocycles. The van der Waals surface area contributed by atoms with Gasteiger partial charge in [0, 0.05) is 18.2 Å². The number of carbonyl (C=O) groups excluding carboxylic acids is 1. The summed E-state index contributed by atoms with van der Waals surface area (Å²) in [7, 11) is 0. The van der Waals surface area contributed by atoms with Crippen molar-refractivity contribution in [2.75, 3.05) is 6.54 Å². The molecule has 1 aromatic rings. The van der Waals surface area contributed by atoms with Crippen LogP contribution in [0.2, 0.25) is 0 Å². The molecule has 0 spiro atoms. The third kappa shape index (κ3) is 3.78. The summed E-state index contributed by atoms with van der Waals surface area (Å²) in [6.45, 7) is 4.18. The highest BCUT2D eigenvalue weighted by molar-refractivity contribution is 5.94. The lowest BCUT2D eigenvalue weighted by molar-refractivity contribution is 0.0948. The summed E-state index contributed by atoms with van der Waals surface area (Å²) in [6, 6.07) is 2.86. The molecule has 0 aliphatic rings. The Morgan fingerprint density at radius 1 is 1.35 bits per heavy atom. The second-order valence-electron chi connectivity index (χ2n) is 4.25. The fourth-order valence-corrected chi connectivity index (χ4v) is 1.19. The van der Waals surface area contributed by atoms with E-state index in [9.17, 15) is 13.6 Å². The second-order valence-corrected chi connectivity index (χ2v) is 4.25. The zero-order valence-electron chi connectivity index (χ0n) is 9.84. The molecule has 0 aliphatic carbocycles. The summed E-state index contributed by atoms with van der Waals surface area (Å²) in [4.78, 5) is 11.6. The van der Waals surface area contributed by atoms with E-state index in [1.54, 1.807) is 0 Å². The number of nitrogens with two attached hydrogens (primary N) is 1. The van der Waals surface area contributed by atoms with Crippen LogP contribution in [-0.2, 0) is 0 Å². The Kier molecular flexibility index (Phi) is 4.57. The molecule has 0 aromatic heterocycles. The maximum Gasteiger partial charge on any atom is 0.251 e. The minimum absolute atomic E-state index is 0.0832. The van der Waals surface area contributed by atoms with Gasteiger partial charge < -0.3 is 11.1 Å². The van der Waals surface area contributed by atoms with Gasteiger partial charge in [-0.2, -0.15) is 0 Å². The van der Waals surface area contributed by atoms with Crippen LogP contribution in [0.25, 0.3) is 0 Å². The van der Waals surface area contributed by atoms with E-state index in [4.69, 9.17) is 5.73 Å². The molecule has 1 amide bonds. The normalized spacial score (nSPS) is 12.6. The second kappa shape index (κ2) is 5.72. The quantitative estimate of drug-likeness (QED) is 0.844. The lowest BCUT2D eigenvalue weighted by Gasteiger charge is -2.16. The molecule has 17 heavy (non-hydrogen) atoms. The van der Waals surface area contributed by atoms with Crippen LogP contribution in [0.1, 0.15) is 24.2 Å². The molecule has 0 radical (unpaired) electrons. The van der Waals surface area contributed by atoms with Crippen LogP contribution in [0.5, 0.6) is 0 Å². The van der Waals surface area contributed by atoms with Gasteiger partial charge in [-0.25, -0.2) is 8.78 Å². The van der Waals surface area contributed by atoms with E-state index in [1.165, 1.54) is 6.07 Å². The first-order valence-corrected chi connectivity index (χ1v) is 5.40. The summed E-state index contributed by atoms with van der Waals surface area (Å²) in [5, 5.41) is 2.57. The minimum atomic E-state index is -1.04. The molecule has 3 N–H and O–H groups in total. The van der Waals surface area contributed by atoms with Crippen molar-refractivity contribution in [2.45, 2.75) is 19.9 Å². The molecule has 0 saturated carbocycles. The minimum Gasteiger partial charge on any atom is -0.350 e. The van der Waals surface area contributed by atoms with E-state index in [-0.39, 0.29) is 17.5 Å². The zero-order chi connectivity index (χ0) is 13.0. The third-order valence-electron chi connectivity index (χ3n) is 2.54. The van der Waals surface area contributed by atoms with Crippen LogP contribution in [0, 0.1) is 17.6 Å². The topological polar surface area (TPSA) is 55.1 Å². The highest BCUT2D eigenvalue weighted by atomic mass is 19.2. The van der Waals surface area contributed by atoms with Crippen LogP contribution in [0.3, 0.4) is 0 Å². The highest BCUT2D eigenvalue weighted by Crippen LogP contribution is 2.08. The average Bonchev–Trinajstić information content (AvgIpc) is 2.28. The van der Waals surface area contributed by atoms with E-state index in [0.717, 1.165) is 12.1 Å². The number of hydrogen-bond acceptors (Lipinski definition) is 2. The van der Waals surface area contributed by atoms with Gasteiger partial charge in [0.25, 0.3) is 5.91 Å². The number of benzene rings is 1. The van der Waals surface area contributed by atoms with Crippen molar-refractivity contribution in [3.8, 4) is 0 Å². The standard InChI is InChI=1S/C12H16F2N2O/c1-7(2)11(15)6-16-12(17)8-3-4-9(13)10(14)5-8/h3-5,7,11H,6,15H2,1-2H3,(H,16,17). The Labute approximate surface area is 99.0 Å². The number of hydrogen-bond donors (Lipinski definition) is 2. The molecule has 3 nitrogen and oxygen atoms in total. The maximum absolute atomic E-state index is 12.9. The van der Waals surface area contributed by atoms with E-state index in [2.05, 4.69) is 5.32 Å². The number of nitrogens with one attached hydrogen (secondary N) is 1. The summed E-state index contributed by atoms with van der Waals surface area (Å²) >= 11 is 0. The largest absolute Gasteiger partial charge is 0.350 e. The monoisotopic (exact) mass is 242 g/mol. The predicted molar refractivity (Wildman–Crippen MR) is 61.5 cm³/mol. The van der Waals surface area contributed by atoms with Crippen LogP contribution in [-0.4, -0.2) is 18.5 Å². The smallest absolute Gasteiger partial charge is 0.251 e. The van der Waals surface area contributed by atoms with Gasteiger partial charge in [0.2, 0.25) is 0 Å². The third-order valence-corrected chi connectivity index (χ3v) is 2.54. The zero-order valence-corrected chi connectivity index (χ0v) is 9.84. The Hall–Kier alpha value is -1.49. The van der Waals surface area contributed by atoms with E-state index in [0.29, 0.717) is 6.54 Å². The molecule has 94 valence electrons. The average molecular weight is 242 g/mol. The molecular weight excluding hydrogens is 226 g/mol. The molecular formula is C12H16F2N2O. The van der Waals surface area contributed by atoms with Crippen molar-refractivity contribution in [1.29, 1.82) is 0 Å². The van der Waals surface area contributed by atoms with Crippen molar-refractivity contribution in [2.24, 2.45) is 11.7 Å². The van der Waals surface area contributed by atoms with Crippen LogP contribution < -0.4 is 11.1 Å². The molecule has 0 heterocycles. The Morgan fingerprint density at radius 3 is 2.53 bits per heavy atom. The molecule has 5 heteroatoms. The van der Waals surface area contributed by atoms with Crippen LogP contribution in [0.15, 0.2) is 18.2 Å². The summed E-state index contributed by atoms with van der Waals surface area (Å²) < 4.78 is 25.5. The first-order chi connectivity index (χ1) is 7.91. The van der Waals surface area contributed by atoms with Crippen molar-refractivity contribution >= 4 is 5.91 Å².